The highest BCUT2D eigenvalue weighted by molar-refractivity contribution is 5.76. The summed E-state index contributed by atoms with van der Waals surface area (Å²) in [5.41, 5.74) is 0. The van der Waals surface area contributed by atoms with Crippen LogP contribution >= 0.6 is 0 Å². The Hall–Kier alpha value is -1.66. The van der Waals surface area contributed by atoms with Gasteiger partial charge in [-0.15, -0.1) is 0 Å². The first kappa shape index (κ1) is 75.3. The van der Waals surface area contributed by atoms with Gasteiger partial charge in [-0.3, -0.25) is 9.59 Å². The quantitative estimate of drug-likeness (QED) is 0.0320. The molecule has 0 saturated heterocycles. The standard InChI is InChI=1S/C71H137NO5/c1-3-5-7-9-11-13-15-17-19-21-27-31-35-39-43-47-51-55-59-63-69(74)68(67-73)72-70(75)64-60-56-52-48-44-40-36-32-29-25-23-24-26-30-34-38-42-46-50-54-58-62-66-77-71(76)65-61-57-53-49-45-41-37-33-28-22-20-18-16-14-12-10-8-6-4-2/h18,20,59,63,68-69,73-74H,3-17,19,21-58,60-62,64-67H2,1-2H3,(H,72,75)/b20-18-,63-59+. The highest BCUT2D eigenvalue weighted by atomic mass is 16.5. The molecule has 0 spiro atoms. The average molecular weight is 1080 g/mol. The Kier molecular flexibility index (Phi) is 65.4. The highest BCUT2D eigenvalue weighted by Crippen LogP contribution is 2.19. The fraction of sp³-hybridized carbons (Fsp3) is 0.915. The molecule has 456 valence electrons. The second-order valence-electron chi connectivity index (χ2n) is 24.2. The number of carbonyl (C=O) groups is 2. The molecule has 0 rings (SSSR count). The van der Waals surface area contributed by atoms with Gasteiger partial charge in [0.15, 0.2) is 0 Å². The molecule has 2 unspecified atom stereocenters. The Labute approximate surface area is 481 Å². The van der Waals surface area contributed by atoms with Gasteiger partial charge in [0.05, 0.1) is 25.4 Å². The van der Waals surface area contributed by atoms with Crippen molar-refractivity contribution in [2.24, 2.45) is 0 Å². The largest absolute Gasteiger partial charge is 0.466 e. The molecule has 0 aliphatic heterocycles. The predicted octanol–water partition coefficient (Wildman–Crippen LogP) is 22.5. The average Bonchev–Trinajstić information content (AvgIpc) is 3.43. The molecule has 0 saturated carbocycles. The minimum absolute atomic E-state index is 0.0132. The van der Waals surface area contributed by atoms with Crippen LogP contribution in [0.15, 0.2) is 24.3 Å². The Balaban J connectivity index is 3.39. The number of hydrogen-bond acceptors (Lipinski definition) is 5. The molecule has 0 heterocycles. The molecule has 0 aliphatic rings. The summed E-state index contributed by atoms with van der Waals surface area (Å²) in [6.07, 6.45) is 83.9. The van der Waals surface area contributed by atoms with Crippen LogP contribution in [-0.4, -0.2) is 47.4 Å². The number of aliphatic hydroxyl groups excluding tert-OH is 2. The summed E-state index contributed by atoms with van der Waals surface area (Å²) >= 11 is 0. The first-order valence-electron chi connectivity index (χ1n) is 35.1. The maximum absolute atomic E-state index is 12.5. The van der Waals surface area contributed by atoms with Crippen LogP contribution in [-0.2, 0) is 14.3 Å². The number of ether oxygens (including phenoxy) is 1. The number of unbranched alkanes of at least 4 members (excludes halogenated alkanes) is 53. The van der Waals surface area contributed by atoms with Gasteiger partial charge >= 0.3 is 5.97 Å². The topological polar surface area (TPSA) is 95.9 Å². The minimum atomic E-state index is -0.845. The third-order valence-corrected chi connectivity index (χ3v) is 16.5. The van der Waals surface area contributed by atoms with E-state index in [2.05, 4.69) is 31.3 Å². The van der Waals surface area contributed by atoms with Crippen molar-refractivity contribution in [3.8, 4) is 0 Å². The Morgan fingerprint density at radius 2 is 0.610 bits per heavy atom. The zero-order valence-electron chi connectivity index (χ0n) is 52.2. The van der Waals surface area contributed by atoms with Crippen molar-refractivity contribution in [1.82, 2.24) is 5.32 Å². The van der Waals surface area contributed by atoms with E-state index in [1.165, 1.54) is 321 Å². The molecular weight excluding hydrogens is 947 g/mol. The van der Waals surface area contributed by atoms with Gasteiger partial charge in [-0.1, -0.05) is 346 Å². The van der Waals surface area contributed by atoms with E-state index in [4.69, 9.17) is 4.74 Å². The summed E-state index contributed by atoms with van der Waals surface area (Å²) < 4.78 is 5.51. The Morgan fingerprint density at radius 1 is 0.351 bits per heavy atom. The van der Waals surface area contributed by atoms with Gasteiger partial charge in [-0.05, 0) is 57.8 Å². The molecule has 0 bridgehead atoms. The lowest BCUT2D eigenvalue weighted by Gasteiger charge is -2.20. The van der Waals surface area contributed by atoms with Crippen molar-refractivity contribution >= 4 is 11.9 Å². The van der Waals surface area contributed by atoms with Gasteiger partial charge in [0.2, 0.25) is 5.91 Å². The molecule has 6 nitrogen and oxygen atoms in total. The fourth-order valence-corrected chi connectivity index (χ4v) is 11.1. The van der Waals surface area contributed by atoms with Crippen molar-refractivity contribution in [3.05, 3.63) is 24.3 Å². The van der Waals surface area contributed by atoms with Crippen LogP contribution in [0.3, 0.4) is 0 Å². The molecular formula is C71H137NO5. The summed E-state index contributed by atoms with van der Waals surface area (Å²) in [6.45, 7) is 4.94. The smallest absolute Gasteiger partial charge is 0.305 e. The van der Waals surface area contributed by atoms with E-state index in [1.807, 2.05) is 6.08 Å². The summed E-state index contributed by atoms with van der Waals surface area (Å²) in [4.78, 5) is 24.6. The molecule has 1 amide bonds. The number of hydrogen-bond donors (Lipinski definition) is 3. The summed E-state index contributed by atoms with van der Waals surface area (Å²) in [6, 6.07) is -0.629. The number of aliphatic hydroxyl groups is 2. The number of carbonyl (C=O) groups excluding carboxylic acids is 2. The molecule has 0 aliphatic carbocycles. The van der Waals surface area contributed by atoms with Crippen LogP contribution in [0, 0.1) is 0 Å². The molecule has 6 heteroatoms. The fourth-order valence-electron chi connectivity index (χ4n) is 11.1. The number of esters is 1. The molecule has 0 aromatic heterocycles. The monoisotopic (exact) mass is 1080 g/mol. The molecule has 2 atom stereocenters. The van der Waals surface area contributed by atoms with Crippen molar-refractivity contribution in [2.75, 3.05) is 13.2 Å². The van der Waals surface area contributed by atoms with E-state index in [0.29, 0.717) is 19.4 Å². The predicted molar refractivity (Wildman–Crippen MR) is 338 cm³/mol. The third-order valence-electron chi connectivity index (χ3n) is 16.5. The van der Waals surface area contributed by atoms with Crippen LogP contribution in [0.25, 0.3) is 0 Å². The molecule has 0 aromatic rings. The molecule has 0 radical (unpaired) electrons. The lowest BCUT2D eigenvalue weighted by atomic mass is 10.0. The van der Waals surface area contributed by atoms with Crippen LogP contribution in [0.5, 0.6) is 0 Å². The van der Waals surface area contributed by atoms with Crippen molar-refractivity contribution in [3.63, 3.8) is 0 Å². The van der Waals surface area contributed by atoms with Gasteiger partial charge in [0.25, 0.3) is 0 Å². The van der Waals surface area contributed by atoms with Crippen molar-refractivity contribution in [2.45, 2.75) is 405 Å². The summed E-state index contributed by atoms with van der Waals surface area (Å²) in [5.74, 6) is -0.0513. The van der Waals surface area contributed by atoms with E-state index in [-0.39, 0.29) is 18.5 Å². The number of allylic oxidation sites excluding steroid dienone is 3. The van der Waals surface area contributed by atoms with Gasteiger partial charge in [0, 0.05) is 12.8 Å². The van der Waals surface area contributed by atoms with E-state index in [9.17, 15) is 19.8 Å². The molecule has 0 aromatic carbocycles. The first-order valence-corrected chi connectivity index (χ1v) is 35.1. The van der Waals surface area contributed by atoms with Gasteiger partial charge < -0.3 is 20.3 Å². The van der Waals surface area contributed by atoms with Crippen LogP contribution in [0.1, 0.15) is 393 Å². The van der Waals surface area contributed by atoms with Crippen LogP contribution in [0.4, 0.5) is 0 Å². The lowest BCUT2D eigenvalue weighted by molar-refractivity contribution is -0.143. The second kappa shape index (κ2) is 66.8. The van der Waals surface area contributed by atoms with E-state index in [1.54, 1.807) is 6.08 Å². The third kappa shape index (κ3) is 63.4. The van der Waals surface area contributed by atoms with Crippen LogP contribution < -0.4 is 5.32 Å². The second-order valence-corrected chi connectivity index (χ2v) is 24.2. The Bertz CT molecular complexity index is 1200. The zero-order valence-corrected chi connectivity index (χ0v) is 52.2. The number of amides is 1. The first-order chi connectivity index (χ1) is 38.0. The van der Waals surface area contributed by atoms with E-state index >= 15 is 0 Å². The normalized spacial score (nSPS) is 12.6. The maximum Gasteiger partial charge on any atom is 0.305 e. The van der Waals surface area contributed by atoms with Crippen LogP contribution in [0.2, 0.25) is 0 Å². The minimum Gasteiger partial charge on any atom is -0.466 e. The molecule has 0 fully saturated rings. The molecule has 77 heavy (non-hydrogen) atoms. The summed E-state index contributed by atoms with van der Waals surface area (Å²) in [7, 11) is 0. The number of nitrogens with one attached hydrogen (secondary N) is 1. The Morgan fingerprint density at radius 3 is 0.922 bits per heavy atom. The number of rotatable bonds is 66. The van der Waals surface area contributed by atoms with Crippen molar-refractivity contribution < 1.29 is 24.5 Å². The van der Waals surface area contributed by atoms with Gasteiger partial charge in [-0.2, -0.15) is 0 Å². The van der Waals surface area contributed by atoms with Gasteiger partial charge in [-0.25, -0.2) is 0 Å². The summed E-state index contributed by atoms with van der Waals surface area (Å²) in [5, 5.41) is 23.2. The molecule has 3 N–H and O–H groups in total. The van der Waals surface area contributed by atoms with Crippen molar-refractivity contribution in [1.29, 1.82) is 0 Å². The lowest BCUT2D eigenvalue weighted by Crippen LogP contribution is -2.45. The van der Waals surface area contributed by atoms with E-state index in [0.717, 1.165) is 44.9 Å². The van der Waals surface area contributed by atoms with E-state index < -0.39 is 12.1 Å². The highest BCUT2D eigenvalue weighted by Gasteiger charge is 2.18. The SMILES string of the molecule is CCCCCCCC/C=C\CCCCCCCCCCCC(=O)OCCCCCCCCCCCCCCCCCCCCCCCCC(=O)NC(CO)C(O)/C=C/CCCCCCCCCCCCCCCCCCC. The van der Waals surface area contributed by atoms with Gasteiger partial charge in [0.1, 0.15) is 0 Å². The zero-order chi connectivity index (χ0) is 55.7. The maximum atomic E-state index is 12.5.